The average Bonchev–Trinajstić information content (AvgIpc) is 1.53. The Kier molecular flexibility index (Phi) is 23.9. The van der Waals surface area contributed by atoms with Gasteiger partial charge in [-0.1, -0.05) is 95.7 Å². The summed E-state index contributed by atoms with van der Waals surface area (Å²) in [6.45, 7) is 15.8. The minimum atomic E-state index is -4.49. The number of hydrogen-bond acceptors (Lipinski definition) is 18. The van der Waals surface area contributed by atoms with Crippen molar-refractivity contribution in [3.63, 3.8) is 0 Å². The van der Waals surface area contributed by atoms with E-state index in [4.69, 9.17) is 20.6 Å². The Bertz CT molecular complexity index is 4320. The zero-order valence-corrected chi connectivity index (χ0v) is 61.5. The zero-order chi connectivity index (χ0) is 74.2. The van der Waals surface area contributed by atoms with Gasteiger partial charge in [0.1, 0.15) is 24.5 Å². The van der Waals surface area contributed by atoms with Crippen LogP contribution in [0.15, 0.2) is 97.2 Å². The highest BCUT2D eigenvalue weighted by Gasteiger charge is 2.66. The van der Waals surface area contributed by atoms with Gasteiger partial charge >= 0.3 is 18.1 Å². The van der Waals surface area contributed by atoms with E-state index in [2.05, 4.69) is 59.3 Å². The number of imide groups is 1. The molecule has 0 radical (unpaired) electrons. The summed E-state index contributed by atoms with van der Waals surface area (Å²) < 4.78 is 42.4. The first kappa shape index (κ1) is 76.4. The third kappa shape index (κ3) is 19.3. The van der Waals surface area contributed by atoms with Crippen molar-refractivity contribution in [3.8, 4) is 11.1 Å². The Morgan fingerprint density at radius 2 is 1.55 bits per heavy atom. The number of para-hydroxylation sites is 1. The van der Waals surface area contributed by atoms with Crippen molar-refractivity contribution in [1.82, 2.24) is 45.5 Å². The molecule has 2 fully saturated rings. The lowest BCUT2D eigenvalue weighted by Gasteiger charge is -2.39. The van der Waals surface area contributed by atoms with Gasteiger partial charge in [-0.3, -0.25) is 48.2 Å². The second kappa shape index (κ2) is 32.2. The van der Waals surface area contributed by atoms with E-state index < -0.39 is 63.8 Å². The number of amides is 9. The van der Waals surface area contributed by atoms with Crippen LogP contribution in [0.5, 0.6) is 0 Å². The number of carboxylic acids is 1. The van der Waals surface area contributed by atoms with Crippen molar-refractivity contribution in [2.75, 3.05) is 59.8 Å². The van der Waals surface area contributed by atoms with Crippen LogP contribution in [0.2, 0.25) is 0 Å². The number of nitrogens with zero attached hydrogens (tertiary/aromatic N) is 7. The van der Waals surface area contributed by atoms with Gasteiger partial charge in [0.15, 0.2) is 10.8 Å². The van der Waals surface area contributed by atoms with Gasteiger partial charge in [-0.2, -0.15) is 25.3 Å². The number of urea groups is 1. The molecule has 103 heavy (non-hydrogen) atoms. The Morgan fingerprint density at radius 1 is 0.816 bits per heavy atom. The fourth-order valence-electron chi connectivity index (χ4n) is 15.0. The number of primary amides is 1. The number of fused-ring (bicyclic) bond motifs is 3. The number of carbonyl (C=O) groups is 9. The molecule has 2 aliphatic carbocycles. The third-order valence-electron chi connectivity index (χ3n) is 20.2. The maximum atomic E-state index is 13.9. The quantitative estimate of drug-likeness (QED) is 0.0111. The van der Waals surface area contributed by atoms with Crippen LogP contribution >= 0.6 is 23.1 Å². The lowest BCUT2D eigenvalue weighted by atomic mass is 9.75. The van der Waals surface area contributed by atoms with E-state index in [9.17, 15) is 61.2 Å². The molecule has 27 nitrogen and oxygen atoms in total. The first-order chi connectivity index (χ1) is 48.8. The van der Waals surface area contributed by atoms with Crippen LogP contribution in [0.3, 0.4) is 0 Å². The molecule has 0 saturated heterocycles. The number of aromatic carboxylic acids is 1. The molecule has 3 aromatic heterocycles. The largest absolute Gasteiger partial charge is 0.476 e. The van der Waals surface area contributed by atoms with Gasteiger partial charge in [0, 0.05) is 103 Å². The number of ether oxygens (including phenoxy) is 1. The topological polar surface area (TPSA) is 377 Å². The highest BCUT2D eigenvalue weighted by atomic mass is 32.2. The molecule has 6 aromatic rings. The normalized spacial score (nSPS) is 20.5. The standard InChI is InChI=1S/C73H91N13O14S3/c1-45(2)61(81-58(87)20-9-8-12-31-85-59(88)27-28-60(85)89)65(92)78-55(18-14-30-75-67(74)95)64(91)77-49-23-21-47(22-24-49)39-100-69(96)83(34-36-103(97,98)99)33-35-101-73(7)41-70(4,40-71(5)42-72(71,6)43-73)44-86-46(3)52(37-76-86)50-25-26-57(80-62(50)66(93)94)84-32-29-48-15-13-16-51(53(48)38-84)63(90)82-68-79-54-17-10-11-19-56(54)102-68/h10-11,13,15-17,19,21-28,37,45,55,61H,8-9,12,14,18,20,29-36,38-44H2,1-7H3,(H,77,91)(H,78,92)(H,81,87)(H,93,94)(H3,74,75,95)(H,79,82,90)(H,97,98,99)/t55-,61?,70?,71?,72?,73?/m0/s1. The van der Waals surface area contributed by atoms with Gasteiger partial charge in [-0.15, -0.1) is 0 Å². The molecule has 2 saturated carbocycles. The Balaban J connectivity index is 0.744. The van der Waals surface area contributed by atoms with Crippen LogP contribution < -0.4 is 37.2 Å². The molecule has 5 unspecified atom stereocenters. The van der Waals surface area contributed by atoms with Crippen molar-refractivity contribution in [1.29, 1.82) is 0 Å². The smallest absolute Gasteiger partial charge is 0.410 e. The predicted octanol–water partition coefficient (Wildman–Crippen LogP) is 9.50. The summed E-state index contributed by atoms with van der Waals surface area (Å²) in [5.74, 6) is -4.06. The number of aromatic nitrogens is 4. The number of carboxylic acid groups (broad SMARTS) is 1. The zero-order valence-electron chi connectivity index (χ0n) is 59.0. The Labute approximate surface area is 607 Å². The molecule has 5 heterocycles. The lowest BCUT2D eigenvalue weighted by Crippen LogP contribution is -2.54. The number of unbranched alkanes of at least 4 members (excludes halogenated alkanes) is 2. The van der Waals surface area contributed by atoms with Crippen molar-refractivity contribution in [2.45, 2.75) is 156 Å². The number of pyridine rings is 1. The lowest BCUT2D eigenvalue weighted by molar-refractivity contribution is -0.137. The summed E-state index contributed by atoms with van der Waals surface area (Å²) in [6.07, 6.45) is 9.35. The fourth-order valence-corrected chi connectivity index (χ4v) is 18.0. The Hall–Kier alpha value is -9.26. The summed E-state index contributed by atoms with van der Waals surface area (Å²) in [6, 6.07) is 20.4. The minimum Gasteiger partial charge on any atom is -0.476 e. The molecule has 2 aliphatic heterocycles. The van der Waals surface area contributed by atoms with Crippen molar-refractivity contribution in [3.05, 3.63) is 131 Å². The average molecular weight is 1470 g/mol. The summed E-state index contributed by atoms with van der Waals surface area (Å²) in [7, 11) is -4.49. The number of rotatable bonds is 32. The highest BCUT2D eigenvalue weighted by Crippen LogP contribution is 2.74. The first-order valence-electron chi connectivity index (χ1n) is 34.7. The number of thiazole rings is 1. The summed E-state index contributed by atoms with van der Waals surface area (Å²) in [5, 5.41) is 29.9. The van der Waals surface area contributed by atoms with Gasteiger partial charge in [-0.25, -0.2) is 24.4 Å². The van der Waals surface area contributed by atoms with Crippen LogP contribution in [0.1, 0.15) is 149 Å². The number of nitrogens with two attached hydrogens (primary N) is 1. The number of thioether (sulfide) groups is 1. The molecule has 9 amide bonds. The maximum Gasteiger partial charge on any atom is 0.410 e. The van der Waals surface area contributed by atoms with Crippen LogP contribution in [-0.4, -0.2) is 162 Å². The second-order valence-electron chi connectivity index (χ2n) is 28.9. The first-order valence-corrected chi connectivity index (χ1v) is 38.1. The van der Waals surface area contributed by atoms with Crippen LogP contribution in [-0.2, 0) is 64.9 Å². The van der Waals surface area contributed by atoms with E-state index >= 15 is 0 Å². The van der Waals surface area contributed by atoms with E-state index in [0.717, 1.165) is 57.6 Å². The number of hydrogen-bond donors (Lipinski definition) is 8. The number of nitrogens with one attached hydrogen (secondary N) is 5. The van der Waals surface area contributed by atoms with Gasteiger partial charge < -0.3 is 46.6 Å². The molecule has 3 aromatic carbocycles. The Morgan fingerprint density at radius 3 is 2.26 bits per heavy atom. The molecule has 9 N–H and O–H groups in total. The number of carbonyl (C=O) groups excluding carboxylic acids is 8. The van der Waals surface area contributed by atoms with E-state index in [1.54, 1.807) is 68.2 Å². The molecule has 0 spiro atoms. The SMILES string of the molecule is Cc1c(-c2ccc(N3CCc4cccc(C(=O)Nc5nc6ccccc6s5)c4C3)nc2C(=O)O)cnn1CC1(C)CC(C)(SCCN(CCS(=O)(=O)O)C(=O)OCc2ccc(NC(=O)[C@H](CCCNC(N)=O)NC(=O)C(NC(=O)CCCCCN3C(=O)C=CC3=O)C(C)C)cc2)CC2(C)CC2(C)C1. The van der Waals surface area contributed by atoms with Crippen LogP contribution in [0, 0.1) is 29.1 Å². The molecule has 0 bridgehead atoms. The van der Waals surface area contributed by atoms with E-state index in [-0.39, 0.29) is 102 Å². The molecule has 4 aliphatic rings. The molecule has 6 atom stereocenters. The fraction of sp³-hybridized carbons (Fsp3) is 0.479. The minimum absolute atomic E-state index is 0.00921. The summed E-state index contributed by atoms with van der Waals surface area (Å²) >= 11 is 3.10. The van der Waals surface area contributed by atoms with Gasteiger partial charge in [0.05, 0.1) is 22.2 Å². The van der Waals surface area contributed by atoms with E-state index in [0.29, 0.717) is 90.0 Å². The van der Waals surface area contributed by atoms with E-state index in [1.807, 2.05) is 59.0 Å². The molecule has 550 valence electrons. The molecule has 30 heteroatoms. The molecular formula is C73H91N13O14S3. The third-order valence-corrected chi connectivity index (χ3v) is 23.2. The number of anilines is 3. The van der Waals surface area contributed by atoms with Gasteiger partial charge in [-0.05, 0) is 146 Å². The van der Waals surface area contributed by atoms with Crippen molar-refractivity contribution >= 4 is 114 Å². The van der Waals surface area contributed by atoms with Crippen molar-refractivity contribution in [2.24, 2.45) is 27.9 Å². The van der Waals surface area contributed by atoms with Crippen LogP contribution in [0.25, 0.3) is 21.3 Å². The predicted molar refractivity (Wildman–Crippen MR) is 393 cm³/mol. The van der Waals surface area contributed by atoms with Gasteiger partial charge in [0.25, 0.3) is 27.8 Å². The van der Waals surface area contributed by atoms with Crippen molar-refractivity contribution < 1.29 is 66.0 Å². The van der Waals surface area contributed by atoms with Crippen LogP contribution in [0.4, 0.5) is 26.2 Å². The van der Waals surface area contributed by atoms with E-state index in [1.165, 1.54) is 28.4 Å². The molecule has 10 rings (SSSR count). The summed E-state index contributed by atoms with van der Waals surface area (Å²) in [5.41, 5.74) is 10.7. The highest BCUT2D eigenvalue weighted by molar-refractivity contribution is 8.00. The summed E-state index contributed by atoms with van der Waals surface area (Å²) in [4.78, 5) is 131. The number of benzene rings is 3. The van der Waals surface area contributed by atoms with Gasteiger partial charge in [0.2, 0.25) is 17.7 Å². The monoisotopic (exact) mass is 1470 g/mol. The second-order valence-corrected chi connectivity index (χ2v) is 33.2. The molecular weight excluding hydrogens is 1380 g/mol. The maximum absolute atomic E-state index is 13.9.